The molecule has 0 fully saturated rings. The molecule has 174 valence electrons. The van der Waals surface area contributed by atoms with Crippen molar-refractivity contribution in [3.63, 3.8) is 0 Å². The number of aromatic amines is 1. The molecule has 2 aromatic heterocycles. The number of hydrogen-bond acceptors (Lipinski definition) is 3. The molecule has 6 nitrogen and oxygen atoms in total. The van der Waals surface area contributed by atoms with Crippen LogP contribution in [0.25, 0.3) is 16.9 Å². The van der Waals surface area contributed by atoms with Crippen molar-refractivity contribution in [1.82, 2.24) is 24.9 Å². The van der Waals surface area contributed by atoms with Gasteiger partial charge in [-0.25, -0.2) is 9.07 Å². The van der Waals surface area contributed by atoms with Crippen molar-refractivity contribution in [3.8, 4) is 16.9 Å². The van der Waals surface area contributed by atoms with Crippen LogP contribution in [0.15, 0.2) is 54.6 Å². The van der Waals surface area contributed by atoms with Crippen LogP contribution in [0.2, 0.25) is 0 Å². The number of rotatable bonds is 7. The van der Waals surface area contributed by atoms with E-state index < -0.39 is 0 Å². The Kier molecular flexibility index (Phi) is 6.01. The number of hydrogen-bond donors (Lipinski definition) is 1. The maximum Gasteiger partial charge on any atom is 0.274 e. The minimum Gasteiger partial charge on any atom is -0.340 e. The van der Waals surface area contributed by atoms with Gasteiger partial charge in [0.25, 0.3) is 5.91 Å². The van der Waals surface area contributed by atoms with Gasteiger partial charge in [0.1, 0.15) is 5.82 Å². The normalized spacial score (nSPS) is 12.7. The van der Waals surface area contributed by atoms with Crippen LogP contribution in [0.3, 0.4) is 0 Å². The van der Waals surface area contributed by atoms with Gasteiger partial charge in [-0.05, 0) is 69.4 Å². The zero-order valence-electron chi connectivity index (χ0n) is 19.5. The van der Waals surface area contributed by atoms with E-state index in [-0.39, 0.29) is 11.7 Å². The van der Waals surface area contributed by atoms with Crippen molar-refractivity contribution in [1.29, 1.82) is 0 Å². The minimum atomic E-state index is -0.279. The molecule has 0 saturated carbocycles. The predicted octanol–water partition coefficient (Wildman–Crippen LogP) is 4.90. The average Bonchev–Trinajstić information content (AvgIpc) is 3.56. The molecule has 0 spiro atoms. The standard InChI is InChI=1S/C27H28FN5O/c1-18-11-13-22(14-12-18)33-25-10-4-9-23(25)26(31-33)27(34)32(2)15-5-8-21-17-24(30-29-21)19-6-3-7-20(28)16-19/h3,6-7,11-14,16-17H,4-5,8-10,15H2,1-2H3,(H,29,30). The van der Waals surface area contributed by atoms with Crippen molar-refractivity contribution in [3.05, 3.63) is 88.6 Å². The van der Waals surface area contributed by atoms with Crippen molar-refractivity contribution in [2.24, 2.45) is 0 Å². The first kappa shape index (κ1) is 22.1. The second-order valence-corrected chi connectivity index (χ2v) is 8.99. The number of aromatic nitrogens is 4. The third kappa shape index (κ3) is 4.38. The number of benzene rings is 2. The summed E-state index contributed by atoms with van der Waals surface area (Å²) in [7, 11) is 1.83. The predicted molar refractivity (Wildman–Crippen MR) is 130 cm³/mol. The van der Waals surface area contributed by atoms with E-state index in [9.17, 15) is 9.18 Å². The lowest BCUT2D eigenvalue weighted by Gasteiger charge is -2.16. The van der Waals surface area contributed by atoms with Crippen LogP contribution in [0.5, 0.6) is 0 Å². The van der Waals surface area contributed by atoms with Crippen LogP contribution in [0.1, 0.15) is 45.8 Å². The molecule has 0 bridgehead atoms. The van der Waals surface area contributed by atoms with E-state index in [4.69, 9.17) is 5.10 Å². The van der Waals surface area contributed by atoms with E-state index in [1.54, 1.807) is 11.0 Å². The van der Waals surface area contributed by atoms with E-state index in [2.05, 4.69) is 41.4 Å². The number of halogens is 1. The molecule has 0 radical (unpaired) electrons. The Labute approximate surface area is 198 Å². The molecule has 7 heteroatoms. The number of amides is 1. The van der Waals surface area contributed by atoms with Crippen LogP contribution in [-0.2, 0) is 19.3 Å². The number of nitrogens with zero attached hydrogens (tertiary/aromatic N) is 4. The molecule has 34 heavy (non-hydrogen) atoms. The fraction of sp³-hybridized carbons (Fsp3) is 0.296. The Bertz CT molecular complexity index is 1320. The lowest BCUT2D eigenvalue weighted by atomic mass is 10.1. The summed E-state index contributed by atoms with van der Waals surface area (Å²) in [6, 6.07) is 16.6. The fourth-order valence-electron chi connectivity index (χ4n) is 4.58. The Morgan fingerprint density at radius 3 is 2.76 bits per heavy atom. The van der Waals surface area contributed by atoms with Gasteiger partial charge in [0, 0.05) is 36.1 Å². The van der Waals surface area contributed by atoms with E-state index in [1.165, 1.54) is 17.7 Å². The molecule has 4 aromatic rings. The smallest absolute Gasteiger partial charge is 0.274 e. The SMILES string of the molecule is Cc1ccc(-n2nc(C(=O)N(C)CCCc3cc(-c4cccc(F)c4)n[nH]3)c3c2CCC3)cc1. The van der Waals surface area contributed by atoms with Crippen molar-refractivity contribution < 1.29 is 9.18 Å². The van der Waals surface area contributed by atoms with Crippen LogP contribution in [0, 0.1) is 12.7 Å². The second kappa shape index (κ2) is 9.25. The summed E-state index contributed by atoms with van der Waals surface area (Å²) in [6.45, 7) is 2.67. The molecular weight excluding hydrogens is 429 g/mol. The third-order valence-corrected chi connectivity index (χ3v) is 6.45. The molecule has 0 unspecified atom stereocenters. The fourth-order valence-corrected chi connectivity index (χ4v) is 4.58. The van der Waals surface area contributed by atoms with Gasteiger partial charge in [-0.2, -0.15) is 10.2 Å². The number of carbonyl (C=O) groups is 1. The Balaban J connectivity index is 1.24. The maximum atomic E-state index is 13.5. The largest absolute Gasteiger partial charge is 0.340 e. The highest BCUT2D eigenvalue weighted by molar-refractivity contribution is 5.94. The summed E-state index contributed by atoms with van der Waals surface area (Å²) in [4.78, 5) is 15.0. The van der Waals surface area contributed by atoms with Crippen LogP contribution in [-0.4, -0.2) is 44.4 Å². The number of fused-ring (bicyclic) bond motifs is 1. The Hall–Kier alpha value is -3.74. The van der Waals surface area contributed by atoms with Gasteiger partial charge < -0.3 is 4.90 Å². The molecule has 1 amide bonds. The van der Waals surface area contributed by atoms with E-state index in [0.717, 1.165) is 66.0 Å². The molecular formula is C27H28FN5O. The van der Waals surface area contributed by atoms with Crippen LogP contribution < -0.4 is 0 Å². The topological polar surface area (TPSA) is 66.8 Å². The zero-order valence-corrected chi connectivity index (χ0v) is 19.5. The molecule has 5 rings (SSSR count). The monoisotopic (exact) mass is 457 g/mol. The first-order valence-electron chi connectivity index (χ1n) is 11.7. The number of H-pyrrole nitrogens is 1. The van der Waals surface area contributed by atoms with Crippen molar-refractivity contribution in [2.75, 3.05) is 13.6 Å². The molecule has 1 N–H and O–H groups in total. The number of nitrogens with one attached hydrogen (secondary N) is 1. The summed E-state index contributed by atoms with van der Waals surface area (Å²) in [5.41, 5.74) is 7.44. The van der Waals surface area contributed by atoms with Gasteiger partial charge in [-0.3, -0.25) is 9.89 Å². The molecule has 2 aromatic carbocycles. The molecule has 1 aliphatic rings. The molecule has 0 aliphatic heterocycles. The van der Waals surface area contributed by atoms with Gasteiger partial charge >= 0.3 is 0 Å². The highest BCUT2D eigenvalue weighted by Crippen LogP contribution is 2.28. The van der Waals surface area contributed by atoms with Crippen molar-refractivity contribution in [2.45, 2.75) is 39.0 Å². The second-order valence-electron chi connectivity index (χ2n) is 8.99. The first-order valence-corrected chi connectivity index (χ1v) is 11.7. The van der Waals surface area contributed by atoms with Gasteiger partial charge in [-0.15, -0.1) is 0 Å². The molecule has 0 saturated heterocycles. The molecule has 0 atom stereocenters. The summed E-state index contributed by atoms with van der Waals surface area (Å²) < 4.78 is 15.4. The number of aryl methyl sites for hydroxylation is 2. The highest BCUT2D eigenvalue weighted by Gasteiger charge is 2.28. The minimum absolute atomic E-state index is 0.0333. The third-order valence-electron chi connectivity index (χ3n) is 6.45. The van der Waals surface area contributed by atoms with Gasteiger partial charge in [0.05, 0.1) is 11.4 Å². The van der Waals surface area contributed by atoms with Crippen LogP contribution in [0.4, 0.5) is 4.39 Å². The van der Waals surface area contributed by atoms with Gasteiger partial charge in [-0.1, -0.05) is 29.8 Å². The quantitative estimate of drug-likeness (QED) is 0.429. The van der Waals surface area contributed by atoms with E-state index >= 15 is 0 Å². The summed E-state index contributed by atoms with van der Waals surface area (Å²) in [5.74, 6) is -0.312. The van der Waals surface area contributed by atoms with Gasteiger partial charge in [0.2, 0.25) is 0 Å². The summed E-state index contributed by atoms with van der Waals surface area (Å²) in [6.07, 6.45) is 4.42. The number of carbonyl (C=O) groups excluding carboxylic acids is 1. The average molecular weight is 458 g/mol. The van der Waals surface area contributed by atoms with E-state index in [0.29, 0.717) is 12.2 Å². The zero-order chi connectivity index (χ0) is 23.7. The highest BCUT2D eigenvalue weighted by atomic mass is 19.1. The van der Waals surface area contributed by atoms with Crippen LogP contribution >= 0.6 is 0 Å². The van der Waals surface area contributed by atoms with Crippen molar-refractivity contribution >= 4 is 5.91 Å². The lowest BCUT2D eigenvalue weighted by Crippen LogP contribution is -2.29. The van der Waals surface area contributed by atoms with Gasteiger partial charge in [0.15, 0.2) is 5.69 Å². The molecule has 1 aliphatic carbocycles. The Morgan fingerprint density at radius 1 is 1.15 bits per heavy atom. The molecule has 2 heterocycles. The maximum absolute atomic E-state index is 13.5. The first-order chi connectivity index (χ1) is 16.5. The lowest BCUT2D eigenvalue weighted by molar-refractivity contribution is 0.0786. The van der Waals surface area contributed by atoms with E-state index in [1.807, 2.05) is 23.9 Å². The summed E-state index contributed by atoms with van der Waals surface area (Å²) >= 11 is 0. The Morgan fingerprint density at radius 2 is 1.97 bits per heavy atom. The summed E-state index contributed by atoms with van der Waals surface area (Å²) in [5, 5.41) is 12.1.